The van der Waals surface area contributed by atoms with Gasteiger partial charge in [0.05, 0.1) is 6.21 Å². The third-order valence-electron chi connectivity index (χ3n) is 3.89. The Kier molecular flexibility index (Phi) is 14.4. The van der Waals surface area contributed by atoms with Gasteiger partial charge >= 0.3 is 0 Å². The van der Waals surface area contributed by atoms with Crippen LogP contribution >= 0.6 is 0 Å². The van der Waals surface area contributed by atoms with E-state index in [0.29, 0.717) is 0 Å². The van der Waals surface area contributed by atoms with E-state index in [1.807, 2.05) is 24.5 Å². The Bertz CT molecular complexity index is 379. The minimum atomic E-state index is 0. The lowest BCUT2D eigenvalue weighted by molar-refractivity contribution is -0.697. The van der Waals surface area contributed by atoms with Crippen LogP contribution in [0.1, 0.15) is 76.7 Å². The van der Waals surface area contributed by atoms with Crippen LogP contribution < -0.4 is 21.5 Å². The number of hydrogen-bond acceptors (Lipinski definition) is 2. The van der Waals surface area contributed by atoms with Gasteiger partial charge in [-0.1, -0.05) is 63.4 Å². The maximum Gasteiger partial charge on any atom is 0.169 e. The Labute approximate surface area is 146 Å². The lowest BCUT2D eigenvalue weighted by Gasteiger charge is -2.01. The van der Waals surface area contributed by atoms with Crippen LogP contribution in [0.4, 0.5) is 0 Å². The maximum atomic E-state index is 8.46. The summed E-state index contributed by atoms with van der Waals surface area (Å²) in [6.07, 6.45) is 19.3. The van der Waals surface area contributed by atoms with Gasteiger partial charge in [-0.15, -0.1) is 0 Å². The molecule has 1 aromatic heterocycles. The molecule has 4 heteroatoms. The zero-order chi connectivity index (χ0) is 15.2. The Morgan fingerprint density at radius 1 is 0.909 bits per heavy atom. The minimum absolute atomic E-state index is 0. The SMILES string of the molecule is CCCCCCCCCCCC[n+]1ccc(/C=N/O)cc1.[Br-]. The van der Waals surface area contributed by atoms with Gasteiger partial charge < -0.3 is 22.2 Å². The van der Waals surface area contributed by atoms with E-state index in [0.717, 1.165) is 12.1 Å². The van der Waals surface area contributed by atoms with Crippen LogP contribution in [-0.2, 0) is 6.54 Å². The van der Waals surface area contributed by atoms with Crippen molar-refractivity contribution in [2.24, 2.45) is 5.16 Å². The second-order valence-corrected chi connectivity index (χ2v) is 5.80. The number of unbranched alkanes of at least 4 members (excludes halogenated alkanes) is 9. The average molecular weight is 371 g/mol. The van der Waals surface area contributed by atoms with Crippen LogP contribution in [0.25, 0.3) is 0 Å². The van der Waals surface area contributed by atoms with Crippen LogP contribution in [0.2, 0.25) is 0 Å². The van der Waals surface area contributed by atoms with Crippen molar-refractivity contribution in [1.82, 2.24) is 0 Å². The molecule has 0 aliphatic carbocycles. The molecule has 1 N–H and O–H groups in total. The zero-order valence-electron chi connectivity index (χ0n) is 13.9. The van der Waals surface area contributed by atoms with Crippen LogP contribution in [0.15, 0.2) is 29.7 Å². The molecule has 0 aliphatic heterocycles. The van der Waals surface area contributed by atoms with E-state index in [4.69, 9.17) is 5.21 Å². The average Bonchev–Trinajstić information content (AvgIpc) is 2.51. The molecule has 22 heavy (non-hydrogen) atoms. The number of hydrogen-bond donors (Lipinski definition) is 1. The molecule has 0 saturated carbocycles. The lowest BCUT2D eigenvalue weighted by Crippen LogP contribution is -3.00. The van der Waals surface area contributed by atoms with E-state index in [-0.39, 0.29) is 17.0 Å². The number of aryl methyl sites for hydroxylation is 1. The highest BCUT2D eigenvalue weighted by molar-refractivity contribution is 5.78. The van der Waals surface area contributed by atoms with Crippen molar-refractivity contribution in [2.45, 2.75) is 77.7 Å². The topological polar surface area (TPSA) is 36.5 Å². The molecule has 0 aliphatic rings. The molecule has 0 atom stereocenters. The molecular weight excluding hydrogens is 340 g/mol. The van der Waals surface area contributed by atoms with E-state index >= 15 is 0 Å². The Hall–Kier alpha value is -0.900. The normalized spacial score (nSPS) is 10.8. The Balaban J connectivity index is 0.00000441. The number of aromatic nitrogens is 1. The summed E-state index contributed by atoms with van der Waals surface area (Å²) in [6.45, 7) is 3.35. The van der Waals surface area contributed by atoms with Crippen LogP contribution in [-0.4, -0.2) is 11.4 Å². The summed E-state index contributed by atoms with van der Waals surface area (Å²) in [6, 6.07) is 3.94. The summed E-state index contributed by atoms with van der Waals surface area (Å²) in [5.74, 6) is 0. The van der Waals surface area contributed by atoms with Crippen molar-refractivity contribution < 1.29 is 26.8 Å². The van der Waals surface area contributed by atoms with Crippen molar-refractivity contribution in [2.75, 3.05) is 0 Å². The van der Waals surface area contributed by atoms with Crippen LogP contribution in [0, 0.1) is 0 Å². The molecule has 0 unspecified atom stereocenters. The van der Waals surface area contributed by atoms with Gasteiger partial charge in [-0.25, -0.2) is 4.57 Å². The second kappa shape index (κ2) is 15.0. The number of nitrogens with zero attached hydrogens (tertiary/aromatic N) is 2. The Morgan fingerprint density at radius 3 is 1.91 bits per heavy atom. The molecule has 0 aromatic carbocycles. The van der Waals surface area contributed by atoms with Gasteiger partial charge in [-0.3, -0.25) is 0 Å². The first-order valence-corrected chi connectivity index (χ1v) is 8.53. The molecule has 1 aromatic rings. The summed E-state index contributed by atoms with van der Waals surface area (Å²) in [5.41, 5.74) is 0.928. The highest BCUT2D eigenvalue weighted by Crippen LogP contribution is 2.10. The first kappa shape index (κ1) is 21.1. The van der Waals surface area contributed by atoms with Gasteiger partial charge in [-0.2, -0.15) is 0 Å². The van der Waals surface area contributed by atoms with Crippen molar-refractivity contribution in [3.05, 3.63) is 30.1 Å². The van der Waals surface area contributed by atoms with E-state index < -0.39 is 0 Å². The fourth-order valence-corrected chi connectivity index (χ4v) is 2.55. The molecular formula is C18H31BrN2O. The first-order valence-electron chi connectivity index (χ1n) is 8.53. The number of pyridine rings is 1. The van der Waals surface area contributed by atoms with E-state index in [1.54, 1.807) is 0 Å². The first-order chi connectivity index (χ1) is 10.4. The molecule has 1 rings (SSSR count). The summed E-state index contributed by atoms with van der Waals surface area (Å²) < 4.78 is 2.19. The minimum Gasteiger partial charge on any atom is -1.00 e. The van der Waals surface area contributed by atoms with Gasteiger partial charge in [0.15, 0.2) is 12.4 Å². The van der Waals surface area contributed by atoms with E-state index in [9.17, 15) is 0 Å². The fraction of sp³-hybridized carbons (Fsp3) is 0.667. The molecule has 0 spiro atoms. The maximum absolute atomic E-state index is 8.46. The molecule has 0 amide bonds. The molecule has 3 nitrogen and oxygen atoms in total. The van der Waals surface area contributed by atoms with Crippen LogP contribution in [0.5, 0.6) is 0 Å². The second-order valence-electron chi connectivity index (χ2n) is 5.80. The molecule has 0 bridgehead atoms. The van der Waals surface area contributed by atoms with Crippen molar-refractivity contribution in [1.29, 1.82) is 0 Å². The standard InChI is InChI=1S/C18H30N2O.BrH/c1-2-3-4-5-6-7-8-9-10-11-14-20-15-12-18(13-16-20)17-19-21;/h12-13,15-17H,2-11,14H2,1H3;1H. The molecule has 1 heterocycles. The van der Waals surface area contributed by atoms with Gasteiger partial charge in [0, 0.05) is 24.1 Å². The molecule has 0 fully saturated rings. The smallest absolute Gasteiger partial charge is 0.169 e. The predicted octanol–water partition coefficient (Wildman–Crippen LogP) is 1.71. The largest absolute Gasteiger partial charge is 1.00 e. The lowest BCUT2D eigenvalue weighted by atomic mass is 10.1. The van der Waals surface area contributed by atoms with E-state index in [2.05, 4.69) is 16.6 Å². The fourth-order valence-electron chi connectivity index (χ4n) is 2.55. The summed E-state index contributed by atoms with van der Waals surface area (Å²) in [4.78, 5) is 0. The van der Waals surface area contributed by atoms with Crippen molar-refractivity contribution >= 4 is 6.21 Å². The summed E-state index contributed by atoms with van der Waals surface area (Å²) in [7, 11) is 0. The molecule has 126 valence electrons. The van der Waals surface area contributed by atoms with Crippen LogP contribution in [0.3, 0.4) is 0 Å². The summed E-state index contributed by atoms with van der Waals surface area (Å²) in [5, 5.41) is 11.5. The van der Waals surface area contributed by atoms with Gasteiger partial charge in [0.2, 0.25) is 0 Å². The molecule has 0 radical (unpaired) electrons. The molecule has 0 saturated heterocycles. The zero-order valence-corrected chi connectivity index (χ0v) is 15.5. The van der Waals surface area contributed by atoms with Gasteiger partial charge in [0.1, 0.15) is 6.54 Å². The number of oxime groups is 1. The quantitative estimate of drug-likeness (QED) is 0.196. The van der Waals surface area contributed by atoms with Crippen molar-refractivity contribution in [3.8, 4) is 0 Å². The van der Waals surface area contributed by atoms with Gasteiger partial charge in [-0.05, 0) is 6.42 Å². The highest BCUT2D eigenvalue weighted by Gasteiger charge is 2.00. The van der Waals surface area contributed by atoms with Crippen molar-refractivity contribution in [3.63, 3.8) is 0 Å². The Morgan fingerprint density at radius 2 is 1.41 bits per heavy atom. The number of halogens is 1. The third kappa shape index (κ3) is 10.8. The predicted molar refractivity (Wildman–Crippen MR) is 87.9 cm³/mol. The summed E-state index contributed by atoms with van der Waals surface area (Å²) >= 11 is 0. The van der Waals surface area contributed by atoms with Gasteiger partial charge in [0.25, 0.3) is 0 Å². The third-order valence-corrected chi connectivity index (χ3v) is 3.89. The highest BCUT2D eigenvalue weighted by atomic mass is 79.9. The number of rotatable bonds is 12. The monoisotopic (exact) mass is 370 g/mol. The van der Waals surface area contributed by atoms with E-state index in [1.165, 1.54) is 70.4 Å².